The molecule has 0 spiro atoms. The first-order chi connectivity index (χ1) is 8.92. The highest BCUT2D eigenvalue weighted by atomic mass is 15.2. The van der Waals surface area contributed by atoms with Crippen LogP contribution in [-0.2, 0) is 0 Å². The zero-order chi connectivity index (χ0) is 12.2. The zero-order valence-corrected chi connectivity index (χ0v) is 11.3. The molecule has 98 valence electrons. The van der Waals surface area contributed by atoms with Crippen LogP contribution in [0.1, 0.15) is 32.1 Å². The highest BCUT2D eigenvalue weighted by Crippen LogP contribution is 2.21. The maximum atomic E-state index is 2.59. The summed E-state index contributed by atoms with van der Waals surface area (Å²) in [6.45, 7) is 6.09. The molecule has 0 atom stereocenters. The predicted molar refractivity (Wildman–Crippen MR) is 76.4 cm³/mol. The minimum Gasteiger partial charge on any atom is -0.375 e. The van der Waals surface area contributed by atoms with E-state index in [2.05, 4.69) is 34.1 Å². The summed E-state index contributed by atoms with van der Waals surface area (Å²) in [5.41, 5.74) is 3.12. The molecule has 0 N–H and O–H groups in total. The molecule has 3 aliphatic rings. The largest absolute Gasteiger partial charge is 0.375 e. The van der Waals surface area contributed by atoms with Crippen molar-refractivity contribution in [3.63, 3.8) is 0 Å². The van der Waals surface area contributed by atoms with Gasteiger partial charge in [-0.1, -0.05) is 24.3 Å². The smallest absolute Gasteiger partial charge is 0.0233 e. The Morgan fingerprint density at radius 2 is 1.89 bits per heavy atom. The molecule has 0 radical (unpaired) electrons. The summed E-state index contributed by atoms with van der Waals surface area (Å²) in [7, 11) is 0. The molecule has 2 heteroatoms. The normalized spacial score (nSPS) is 25.2. The van der Waals surface area contributed by atoms with E-state index in [4.69, 9.17) is 0 Å². The Labute approximate surface area is 111 Å². The number of likely N-dealkylation sites (tertiary alicyclic amines) is 1. The molecule has 1 saturated heterocycles. The van der Waals surface area contributed by atoms with Crippen LogP contribution in [0.3, 0.4) is 0 Å². The fraction of sp³-hybridized carbons (Fsp3) is 0.625. The molecular formula is C16H24N2. The van der Waals surface area contributed by atoms with Crippen molar-refractivity contribution in [2.75, 3.05) is 32.7 Å². The van der Waals surface area contributed by atoms with E-state index >= 15 is 0 Å². The molecule has 3 rings (SSSR count). The summed E-state index contributed by atoms with van der Waals surface area (Å²) in [5, 5.41) is 0. The van der Waals surface area contributed by atoms with Crippen LogP contribution in [0.5, 0.6) is 0 Å². The molecule has 1 fully saturated rings. The van der Waals surface area contributed by atoms with Gasteiger partial charge in [-0.15, -0.1) is 0 Å². The van der Waals surface area contributed by atoms with Gasteiger partial charge in [0.1, 0.15) is 0 Å². The number of nitrogens with zero attached hydrogens (tertiary/aromatic N) is 2. The molecule has 0 aromatic rings. The van der Waals surface area contributed by atoms with Gasteiger partial charge in [-0.05, 0) is 37.7 Å². The van der Waals surface area contributed by atoms with Crippen LogP contribution in [0.2, 0.25) is 0 Å². The molecule has 0 aromatic carbocycles. The molecule has 2 nitrogen and oxygen atoms in total. The monoisotopic (exact) mass is 244 g/mol. The molecule has 0 unspecified atom stereocenters. The van der Waals surface area contributed by atoms with E-state index in [-0.39, 0.29) is 0 Å². The van der Waals surface area contributed by atoms with Gasteiger partial charge in [-0.3, -0.25) is 4.90 Å². The Morgan fingerprint density at radius 3 is 2.56 bits per heavy atom. The highest BCUT2D eigenvalue weighted by Gasteiger charge is 2.19. The first kappa shape index (κ1) is 12.0. The quantitative estimate of drug-likeness (QED) is 0.753. The third-order valence-corrected chi connectivity index (χ3v) is 4.26. The zero-order valence-electron chi connectivity index (χ0n) is 11.3. The SMILES string of the molecule is C1=CC(CN2CC=C(N3CCCC3)CC2)=CCC1. The summed E-state index contributed by atoms with van der Waals surface area (Å²) in [5.74, 6) is 0. The fourth-order valence-electron chi connectivity index (χ4n) is 3.18. The lowest BCUT2D eigenvalue weighted by Crippen LogP contribution is -2.34. The number of rotatable bonds is 3. The van der Waals surface area contributed by atoms with Crippen LogP contribution in [0.15, 0.2) is 35.6 Å². The molecule has 0 aromatic heterocycles. The Hall–Kier alpha value is -1.02. The van der Waals surface area contributed by atoms with Crippen LogP contribution < -0.4 is 0 Å². The van der Waals surface area contributed by atoms with Crippen LogP contribution >= 0.6 is 0 Å². The van der Waals surface area contributed by atoms with Crippen LogP contribution in [0, 0.1) is 0 Å². The van der Waals surface area contributed by atoms with Crippen molar-refractivity contribution < 1.29 is 0 Å². The molecule has 0 bridgehead atoms. The van der Waals surface area contributed by atoms with Gasteiger partial charge in [-0.25, -0.2) is 0 Å². The summed E-state index contributed by atoms with van der Waals surface area (Å²) >= 11 is 0. The van der Waals surface area contributed by atoms with Gasteiger partial charge in [0.2, 0.25) is 0 Å². The van der Waals surface area contributed by atoms with E-state index in [0.29, 0.717) is 0 Å². The Morgan fingerprint density at radius 1 is 1.00 bits per heavy atom. The third kappa shape index (κ3) is 2.86. The van der Waals surface area contributed by atoms with Gasteiger partial charge in [0.15, 0.2) is 0 Å². The molecule has 2 heterocycles. The standard InChI is InChI=1S/C16H24N2/c1-2-6-15(7-3-1)14-17-12-8-16(9-13-17)18-10-4-5-11-18/h2,6-8H,1,3-5,9-14H2. The van der Waals surface area contributed by atoms with E-state index in [1.807, 2.05) is 0 Å². The van der Waals surface area contributed by atoms with Crippen molar-refractivity contribution in [1.29, 1.82) is 0 Å². The minimum atomic E-state index is 1.14. The molecule has 0 amide bonds. The van der Waals surface area contributed by atoms with Crippen molar-refractivity contribution in [2.45, 2.75) is 32.1 Å². The minimum absolute atomic E-state index is 1.14. The van der Waals surface area contributed by atoms with Crippen molar-refractivity contribution in [3.05, 3.63) is 35.6 Å². The number of hydrogen-bond acceptors (Lipinski definition) is 2. The number of hydrogen-bond donors (Lipinski definition) is 0. The molecule has 0 saturated carbocycles. The van der Waals surface area contributed by atoms with E-state index in [9.17, 15) is 0 Å². The van der Waals surface area contributed by atoms with Gasteiger partial charge in [0.25, 0.3) is 0 Å². The van der Waals surface area contributed by atoms with E-state index in [1.54, 1.807) is 5.70 Å². The highest BCUT2D eigenvalue weighted by molar-refractivity contribution is 5.24. The van der Waals surface area contributed by atoms with E-state index in [1.165, 1.54) is 57.3 Å². The van der Waals surface area contributed by atoms with E-state index < -0.39 is 0 Å². The third-order valence-electron chi connectivity index (χ3n) is 4.26. The Kier molecular flexibility index (Phi) is 3.84. The van der Waals surface area contributed by atoms with Crippen LogP contribution in [0.25, 0.3) is 0 Å². The maximum absolute atomic E-state index is 2.59. The lowest BCUT2D eigenvalue weighted by atomic mass is 10.1. The number of allylic oxidation sites excluding steroid dienone is 2. The molecule has 2 aliphatic heterocycles. The first-order valence-corrected chi connectivity index (χ1v) is 7.44. The second-order valence-corrected chi connectivity index (χ2v) is 5.63. The molecular weight excluding hydrogens is 220 g/mol. The Balaban J connectivity index is 1.52. The average Bonchev–Trinajstić information content (AvgIpc) is 2.95. The predicted octanol–water partition coefficient (Wildman–Crippen LogP) is 2.95. The second kappa shape index (κ2) is 5.75. The summed E-state index contributed by atoms with van der Waals surface area (Å²) in [6.07, 6.45) is 16.0. The maximum Gasteiger partial charge on any atom is 0.0233 e. The Bertz CT molecular complexity index is 373. The lowest BCUT2D eigenvalue weighted by molar-refractivity contribution is 0.287. The summed E-state index contributed by atoms with van der Waals surface area (Å²) < 4.78 is 0. The average molecular weight is 244 g/mol. The van der Waals surface area contributed by atoms with E-state index in [0.717, 1.165) is 13.1 Å². The molecule has 1 aliphatic carbocycles. The van der Waals surface area contributed by atoms with Gasteiger partial charge >= 0.3 is 0 Å². The van der Waals surface area contributed by atoms with Crippen molar-refractivity contribution in [3.8, 4) is 0 Å². The van der Waals surface area contributed by atoms with Gasteiger partial charge in [0.05, 0.1) is 0 Å². The molecule has 18 heavy (non-hydrogen) atoms. The topological polar surface area (TPSA) is 6.48 Å². The van der Waals surface area contributed by atoms with Crippen LogP contribution in [-0.4, -0.2) is 42.5 Å². The van der Waals surface area contributed by atoms with Crippen LogP contribution in [0.4, 0.5) is 0 Å². The van der Waals surface area contributed by atoms with Crippen molar-refractivity contribution >= 4 is 0 Å². The first-order valence-electron chi connectivity index (χ1n) is 7.44. The lowest BCUT2D eigenvalue weighted by Gasteiger charge is -2.31. The fourth-order valence-corrected chi connectivity index (χ4v) is 3.18. The van der Waals surface area contributed by atoms with Crippen molar-refractivity contribution in [2.24, 2.45) is 0 Å². The van der Waals surface area contributed by atoms with Gasteiger partial charge in [0, 0.05) is 38.4 Å². The van der Waals surface area contributed by atoms with Gasteiger partial charge in [-0.2, -0.15) is 0 Å². The second-order valence-electron chi connectivity index (χ2n) is 5.63. The summed E-state index contributed by atoms with van der Waals surface area (Å²) in [6, 6.07) is 0. The summed E-state index contributed by atoms with van der Waals surface area (Å²) in [4.78, 5) is 5.16. The van der Waals surface area contributed by atoms with Crippen molar-refractivity contribution in [1.82, 2.24) is 9.80 Å². The van der Waals surface area contributed by atoms with Gasteiger partial charge < -0.3 is 4.90 Å².